The molecular formula is C15H23FN2O3S. The summed E-state index contributed by atoms with van der Waals surface area (Å²) in [5.41, 5.74) is 0.663. The summed E-state index contributed by atoms with van der Waals surface area (Å²) in [6.45, 7) is 7.06. The molecule has 0 bridgehead atoms. The van der Waals surface area contributed by atoms with E-state index in [0.717, 1.165) is 0 Å². The molecule has 1 rings (SSSR count). The quantitative estimate of drug-likeness (QED) is 0.654. The van der Waals surface area contributed by atoms with Gasteiger partial charge in [0.2, 0.25) is 10.0 Å². The van der Waals surface area contributed by atoms with Crippen molar-refractivity contribution in [3.05, 3.63) is 29.8 Å². The molecule has 0 aliphatic rings. The summed E-state index contributed by atoms with van der Waals surface area (Å²) >= 11 is 0. The Labute approximate surface area is 131 Å². The number of methoxy groups -OCH3 is 1. The van der Waals surface area contributed by atoms with Crippen LogP contribution in [0, 0.1) is 0 Å². The number of hydrogen-bond donors (Lipinski definition) is 0. The van der Waals surface area contributed by atoms with Crippen molar-refractivity contribution in [2.45, 2.75) is 30.9 Å². The Morgan fingerprint density at radius 2 is 1.82 bits per heavy atom. The van der Waals surface area contributed by atoms with Gasteiger partial charge in [-0.25, -0.2) is 12.8 Å². The van der Waals surface area contributed by atoms with Crippen molar-refractivity contribution in [1.29, 1.82) is 0 Å². The van der Waals surface area contributed by atoms with Gasteiger partial charge in [0, 0.05) is 20.2 Å². The smallest absolute Gasteiger partial charge is 0.243 e. The number of rotatable bonds is 9. The molecule has 0 heterocycles. The van der Waals surface area contributed by atoms with Crippen molar-refractivity contribution in [2.24, 2.45) is 4.99 Å². The third-order valence-corrected chi connectivity index (χ3v) is 5.61. The zero-order valence-electron chi connectivity index (χ0n) is 13.2. The number of ether oxygens (including phenoxy) is 1. The lowest BCUT2D eigenvalue weighted by Crippen LogP contribution is -2.30. The van der Waals surface area contributed by atoms with Crippen molar-refractivity contribution in [3.8, 4) is 0 Å². The average molecular weight is 330 g/mol. The van der Waals surface area contributed by atoms with Gasteiger partial charge < -0.3 is 4.74 Å². The van der Waals surface area contributed by atoms with Crippen LogP contribution in [-0.4, -0.2) is 52.4 Å². The highest BCUT2D eigenvalue weighted by atomic mass is 32.2. The van der Waals surface area contributed by atoms with Gasteiger partial charge >= 0.3 is 0 Å². The highest BCUT2D eigenvalue weighted by Gasteiger charge is 2.24. The maximum atomic E-state index is 12.9. The van der Waals surface area contributed by atoms with Gasteiger partial charge in [0.15, 0.2) is 0 Å². The van der Waals surface area contributed by atoms with Crippen molar-refractivity contribution >= 4 is 16.7 Å². The number of sulfonamides is 1. The van der Waals surface area contributed by atoms with Gasteiger partial charge in [-0.1, -0.05) is 26.0 Å². The van der Waals surface area contributed by atoms with Gasteiger partial charge in [0.05, 0.1) is 4.90 Å². The van der Waals surface area contributed by atoms with Gasteiger partial charge in [-0.3, -0.25) is 4.99 Å². The summed E-state index contributed by atoms with van der Waals surface area (Å²) in [6.07, 6.45) is -0.590. The summed E-state index contributed by atoms with van der Waals surface area (Å²) < 4.78 is 44.4. The summed E-state index contributed by atoms with van der Waals surface area (Å²) in [5.74, 6) is 0. The molecule has 0 radical (unpaired) electrons. The molecule has 0 saturated carbocycles. The minimum Gasteiger partial charge on any atom is -0.374 e. The third-order valence-electron chi connectivity index (χ3n) is 3.55. The second-order valence-electron chi connectivity index (χ2n) is 4.72. The Kier molecular flexibility index (Phi) is 7.12. The first-order valence-corrected chi connectivity index (χ1v) is 8.54. The SMILES string of the molecule is C=N[C@H](CF)[C@H](OC)c1ccc(S(=O)(=O)N(CC)CC)cc1. The molecule has 22 heavy (non-hydrogen) atoms. The molecule has 0 fully saturated rings. The molecule has 0 aliphatic carbocycles. The summed E-state index contributed by atoms with van der Waals surface area (Å²) in [6, 6.07) is 5.55. The van der Waals surface area contributed by atoms with Crippen LogP contribution in [0.5, 0.6) is 0 Å². The van der Waals surface area contributed by atoms with Gasteiger partial charge in [-0.05, 0) is 24.4 Å². The van der Waals surface area contributed by atoms with Gasteiger partial charge in [-0.2, -0.15) is 4.31 Å². The van der Waals surface area contributed by atoms with E-state index in [-0.39, 0.29) is 4.90 Å². The van der Waals surface area contributed by atoms with Crippen LogP contribution in [0.2, 0.25) is 0 Å². The standard InChI is InChI=1S/C15H23FN2O3S/c1-5-18(6-2)22(19,20)13-9-7-12(8-10-13)15(21-4)14(11-16)17-3/h7-10,14-15H,3,5-6,11H2,1-2,4H3/t14-,15-/m1/s1. The van der Waals surface area contributed by atoms with Crippen LogP contribution in [0.3, 0.4) is 0 Å². The van der Waals surface area contributed by atoms with Crippen molar-refractivity contribution in [3.63, 3.8) is 0 Å². The number of nitrogens with zero attached hydrogens (tertiary/aromatic N) is 2. The van der Waals surface area contributed by atoms with E-state index in [1.165, 1.54) is 23.5 Å². The molecule has 0 aromatic heterocycles. The van der Waals surface area contributed by atoms with Gasteiger partial charge in [-0.15, -0.1) is 0 Å². The van der Waals surface area contributed by atoms with E-state index in [9.17, 15) is 12.8 Å². The molecule has 0 aliphatic heterocycles. The van der Waals surface area contributed by atoms with Crippen LogP contribution in [0.25, 0.3) is 0 Å². The van der Waals surface area contributed by atoms with Crippen LogP contribution >= 0.6 is 0 Å². The third kappa shape index (κ3) is 3.91. The van der Waals surface area contributed by atoms with E-state index in [1.54, 1.807) is 26.0 Å². The van der Waals surface area contributed by atoms with Crippen LogP contribution in [0.15, 0.2) is 34.2 Å². The maximum absolute atomic E-state index is 12.9. The summed E-state index contributed by atoms with van der Waals surface area (Å²) in [5, 5.41) is 0. The molecule has 0 saturated heterocycles. The van der Waals surface area contributed by atoms with Gasteiger partial charge in [0.1, 0.15) is 18.8 Å². The molecular weight excluding hydrogens is 307 g/mol. The van der Waals surface area contributed by atoms with Crippen LogP contribution in [0.4, 0.5) is 4.39 Å². The highest BCUT2D eigenvalue weighted by Crippen LogP contribution is 2.25. The molecule has 124 valence electrons. The molecule has 0 unspecified atom stereocenters. The summed E-state index contributed by atoms with van der Waals surface area (Å²) in [4.78, 5) is 3.91. The van der Waals surface area contributed by atoms with E-state index >= 15 is 0 Å². The fourth-order valence-electron chi connectivity index (χ4n) is 2.28. The Morgan fingerprint density at radius 1 is 1.27 bits per heavy atom. The zero-order chi connectivity index (χ0) is 16.8. The van der Waals surface area contributed by atoms with E-state index in [2.05, 4.69) is 11.7 Å². The fourth-order valence-corrected chi connectivity index (χ4v) is 3.74. The lowest BCUT2D eigenvalue weighted by molar-refractivity contribution is 0.0731. The molecule has 0 amide bonds. The average Bonchev–Trinajstić information content (AvgIpc) is 2.53. The Morgan fingerprint density at radius 3 is 2.18 bits per heavy atom. The highest BCUT2D eigenvalue weighted by molar-refractivity contribution is 7.89. The largest absolute Gasteiger partial charge is 0.374 e. The zero-order valence-corrected chi connectivity index (χ0v) is 14.0. The van der Waals surface area contributed by atoms with Gasteiger partial charge in [0.25, 0.3) is 0 Å². The Bertz CT molecular complexity index is 571. The van der Waals surface area contributed by atoms with Crippen molar-refractivity contribution in [2.75, 3.05) is 26.9 Å². The summed E-state index contributed by atoms with van der Waals surface area (Å²) in [7, 11) is -2.04. The maximum Gasteiger partial charge on any atom is 0.243 e. The minimum atomic E-state index is -3.50. The molecule has 0 N–H and O–H groups in total. The lowest BCUT2D eigenvalue weighted by Gasteiger charge is -2.22. The van der Waals surface area contributed by atoms with Crippen LogP contribution < -0.4 is 0 Å². The van der Waals surface area contributed by atoms with E-state index in [1.807, 2.05) is 0 Å². The predicted octanol–water partition coefficient (Wildman–Crippen LogP) is 2.44. The van der Waals surface area contributed by atoms with E-state index in [4.69, 9.17) is 4.74 Å². The second-order valence-corrected chi connectivity index (χ2v) is 6.66. The number of hydrogen-bond acceptors (Lipinski definition) is 4. The van der Waals surface area contributed by atoms with Crippen molar-refractivity contribution in [1.82, 2.24) is 4.31 Å². The first-order valence-electron chi connectivity index (χ1n) is 7.10. The number of alkyl halides is 1. The lowest BCUT2D eigenvalue weighted by atomic mass is 10.0. The monoisotopic (exact) mass is 330 g/mol. The van der Waals surface area contributed by atoms with Crippen LogP contribution in [0.1, 0.15) is 25.5 Å². The Hall–Kier alpha value is -1.31. The normalized spacial score (nSPS) is 14.8. The molecule has 7 heteroatoms. The first-order chi connectivity index (χ1) is 10.5. The van der Waals surface area contributed by atoms with E-state index in [0.29, 0.717) is 18.7 Å². The first kappa shape index (κ1) is 18.7. The van der Waals surface area contributed by atoms with Crippen LogP contribution in [-0.2, 0) is 14.8 Å². The molecule has 5 nitrogen and oxygen atoms in total. The number of benzene rings is 1. The van der Waals surface area contributed by atoms with E-state index < -0.39 is 28.8 Å². The number of aliphatic imine (C=N–C) groups is 1. The topological polar surface area (TPSA) is 59.0 Å². The minimum absolute atomic E-state index is 0.207. The Balaban J connectivity index is 3.11. The fraction of sp³-hybridized carbons (Fsp3) is 0.533. The molecule has 0 spiro atoms. The number of halogens is 1. The molecule has 1 aromatic carbocycles. The second kappa shape index (κ2) is 8.36. The molecule has 2 atom stereocenters. The van der Waals surface area contributed by atoms with Crippen molar-refractivity contribution < 1.29 is 17.5 Å². The molecule has 1 aromatic rings. The predicted molar refractivity (Wildman–Crippen MR) is 85.6 cm³/mol.